The molecule has 0 fully saturated rings. The standard InChI is InChI=1S/C22H10Br2N2S/c23-11-5-7-13-16(9-11)17-10-12(24)6-8-14(17)20-19(13)25-21-15-3-1-2-4-18(15)27-22(21)26-20/h1-10H. The molecule has 2 aromatic heterocycles. The van der Waals surface area contributed by atoms with Gasteiger partial charge in [0.2, 0.25) is 0 Å². The average molecular weight is 494 g/mol. The molecule has 6 rings (SSSR count). The molecule has 2 nitrogen and oxygen atoms in total. The third-order valence-electron chi connectivity index (χ3n) is 4.98. The van der Waals surface area contributed by atoms with Crippen LogP contribution >= 0.6 is 43.2 Å². The van der Waals surface area contributed by atoms with Crippen LogP contribution in [0.1, 0.15) is 0 Å². The van der Waals surface area contributed by atoms with Gasteiger partial charge in [0.05, 0.1) is 11.0 Å². The van der Waals surface area contributed by atoms with Crippen LogP contribution < -0.4 is 0 Å². The first kappa shape index (κ1) is 15.9. The summed E-state index contributed by atoms with van der Waals surface area (Å²) in [5.74, 6) is 0. The van der Waals surface area contributed by atoms with Crippen molar-refractivity contribution in [1.29, 1.82) is 0 Å². The van der Waals surface area contributed by atoms with Gasteiger partial charge in [-0.25, -0.2) is 9.97 Å². The Balaban J connectivity index is 1.94. The normalized spacial score (nSPS) is 12.1. The van der Waals surface area contributed by atoms with Crippen LogP contribution in [-0.4, -0.2) is 9.97 Å². The van der Waals surface area contributed by atoms with Gasteiger partial charge in [0.25, 0.3) is 0 Å². The lowest BCUT2D eigenvalue weighted by Gasteiger charge is -2.10. The van der Waals surface area contributed by atoms with Gasteiger partial charge in [0, 0.05) is 29.8 Å². The van der Waals surface area contributed by atoms with Crippen LogP contribution in [0.5, 0.6) is 0 Å². The van der Waals surface area contributed by atoms with Crippen LogP contribution in [0.3, 0.4) is 0 Å². The zero-order valence-electron chi connectivity index (χ0n) is 13.8. The van der Waals surface area contributed by atoms with Crippen molar-refractivity contribution in [3.8, 4) is 0 Å². The first-order valence-corrected chi connectivity index (χ1v) is 10.9. The highest BCUT2D eigenvalue weighted by molar-refractivity contribution is 9.10. The zero-order valence-corrected chi connectivity index (χ0v) is 17.8. The molecule has 128 valence electrons. The molecule has 4 aromatic carbocycles. The van der Waals surface area contributed by atoms with Gasteiger partial charge in [0.15, 0.2) is 0 Å². The summed E-state index contributed by atoms with van der Waals surface area (Å²) in [5, 5.41) is 5.80. The number of fused-ring (bicyclic) bond motifs is 9. The highest BCUT2D eigenvalue weighted by Gasteiger charge is 2.15. The average Bonchev–Trinajstić information content (AvgIpc) is 3.04. The smallest absolute Gasteiger partial charge is 0.143 e. The fourth-order valence-electron chi connectivity index (χ4n) is 3.79. The minimum Gasteiger partial charge on any atom is -0.242 e. The molecular weight excluding hydrogens is 484 g/mol. The number of hydrogen-bond acceptors (Lipinski definition) is 3. The van der Waals surface area contributed by atoms with Crippen LogP contribution in [0.4, 0.5) is 0 Å². The van der Waals surface area contributed by atoms with Gasteiger partial charge in [-0.1, -0.05) is 62.2 Å². The Morgan fingerprint density at radius 3 is 1.93 bits per heavy atom. The van der Waals surface area contributed by atoms with Crippen LogP contribution in [-0.2, 0) is 0 Å². The summed E-state index contributed by atoms with van der Waals surface area (Å²) < 4.78 is 3.35. The topological polar surface area (TPSA) is 25.8 Å². The van der Waals surface area contributed by atoms with E-state index in [1.54, 1.807) is 11.3 Å². The Kier molecular flexibility index (Phi) is 3.37. The molecule has 0 radical (unpaired) electrons. The maximum absolute atomic E-state index is 5.12. The minimum atomic E-state index is 0.961. The number of aromatic nitrogens is 2. The van der Waals surface area contributed by atoms with Crippen molar-refractivity contribution < 1.29 is 0 Å². The number of hydrogen-bond donors (Lipinski definition) is 0. The predicted octanol–water partition coefficient (Wildman–Crippen LogP) is 7.83. The molecule has 2 heterocycles. The molecule has 0 atom stereocenters. The Hall–Kier alpha value is -2.08. The van der Waals surface area contributed by atoms with Crippen LogP contribution in [0.15, 0.2) is 69.6 Å². The second-order valence-corrected chi connectivity index (χ2v) is 9.41. The monoisotopic (exact) mass is 492 g/mol. The molecule has 0 saturated heterocycles. The van der Waals surface area contributed by atoms with E-state index in [0.717, 1.165) is 41.1 Å². The van der Waals surface area contributed by atoms with Gasteiger partial charge in [0.1, 0.15) is 10.3 Å². The van der Waals surface area contributed by atoms with Gasteiger partial charge in [-0.2, -0.15) is 0 Å². The third-order valence-corrected chi connectivity index (χ3v) is 7.02. The summed E-state index contributed by atoms with van der Waals surface area (Å²) in [6, 6.07) is 21.1. The predicted molar refractivity (Wildman–Crippen MR) is 123 cm³/mol. The summed E-state index contributed by atoms with van der Waals surface area (Å²) in [6.07, 6.45) is 0. The fraction of sp³-hybridized carbons (Fsp3) is 0. The van der Waals surface area contributed by atoms with Crippen molar-refractivity contribution in [2.24, 2.45) is 0 Å². The van der Waals surface area contributed by atoms with Crippen LogP contribution in [0.2, 0.25) is 0 Å². The molecule has 6 aromatic rings. The lowest BCUT2D eigenvalue weighted by atomic mass is 9.99. The molecule has 0 amide bonds. The van der Waals surface area contributed by atoms with E-state index in [-0.39, 0.29) is 0 Å². The first-order valence-electron chi connectivity index (χ1n) is 8.48. The van der Waals surface area contributed by atoms with Crippen molar-refractivity contribution in [2.75, 3.05) is 0 Å². The van der Waals surface area contributed by atoms with Crippen molar-refractivity contribution in [3.05, 3.63) is 69.6 Å². The minimum absolute atomic E-state index is 0.961. The lowest BCUT2D eigenvalue weighted by molar-refractivity contribution is 1.46. The van der Waals surface area contributed by atoms with E-state index in [1.807, 2.05) is 0 Å². The Bertz CT molecular complexity index is 1550. The van der Waals surface area contributed by atoms with Crippen molar-refractivity contribution >= 4 is 96.2 Å². The van der Waals surface area contributed by atoms with E-state index in [0.29, 0.717) is 0 Å². The summed E-state index contributed by atoms with van der Waals surface area (Å²) >= 11 is 8.94. The number of thiophene rings is 1. The lowest BCUT2D eigenvalue weighted by Crippen LogP contribution is -1.90. The summed E-state index contributed by atoms with van der Waals surface area (Å²) in [6.45, 7) is 0. The van der Waals surface area contributed by atoms with Gasteiger partial charge < -0.3 is 0 Å². The van der Waals surface area contributed by atoms with E-state index in [4.69, 9.17) is 9.97 Å². The van der Waals surface area contributed by atoms with E-state index in [9.17, 15) is 0 Å². The van der Waals surface area contributed by atoms with E-state index in [1.165, 1.54) is 20.9 Å². The number of rotatable bonds is 0. The first-order chi connectivity index (χ1) is 13.2. The number of benzene rings is 4. The quantitative estimate of drug-likeness (QED) is 0.201. The van der Waals surface area contributed by atoms with Gasteiger partial charge >= 0.3 is 0 Å². The van der Waals surface area contributed by atoms with Crippen molar-refractivity contribution in [1.82, 2.24) is 9.97 Å². The highest BCUT2D eigenvalue weighted by atomic mass is 79.9. The number of nitrogens with zero attached hydrogens (tertiary/aromatic N) is 2. The van der Waals surface area contributed by atoms with Gasteiger partial charge in [-0.05, 0) is 41.1 Å². The molecular formula is C22H10Br2N2S. The molecule has 0 saturated carbocycles. The summed E-state index contributed by atoms with van der Waals surface area (Å²) in [7, 11) is 0. The molecule has 0 unspecified atom stereocenters. The zero-order chi connectivity index (χ0) is 18.1. The second-order valence-electron chi connectivity index (χ2n) is 6.55. The Labute approximate surface area is 175 Å². The molecule has 0 N–H and O–H groups in total. The largest absolute Gasteiger partial charge is 0.242 e. The van der Waals surface area contributed by atoms with Crippen LogP contribution in [0.25, 0.3) is 53.0 Å². The Morgan fingerprint density at radius 2 is 1.22 bits per heavy atom. The van der Waals surface area contributed by atoms with Crippen molar-refractivity contribution in [3.63, 3.8) is 0 Å². The van der Waals surface area contributed by atoms with Crippen LogP contribution in [0, 0.1) is 0 Å². The third kappa shape index (κ3) is 2.29. The maximum atomic E-state index is 5.12. The summed E-state index contributed by atoms with van der Waals surface area (Å²) in [4.78, 5) is 11.2. The Morgan fingerprint density at radius 1 is 0.593 bits per heavy atom. The van der Waals surface area contributed by atoms with Gasteiger partial charge in [-0.15, -0.1) is 11.3 Å². The highest BCUT2D eigenvalue weighted by Crippen LogP contribution is 2.39. The van der Waals surface area contributed by atoms with E-state index in [2.05, 4.69) is 92.5 Å². The molecule has 0 spiro atoms. The maximum Gasteiger partial charge on any atom is 0.143 e. The van der Waals surface area contributed by atoms with Crippen molar-refractivity contribution in [2.45, 2.75) is 0 Å². The second kappa shape index (κ2) is 5.71. The molecule has 5 heteroatoms. The molecule has 0 aliphatic heterocycles. The SMILES string of the molecule is Brc1ccc2c(c1)c1cc(Br)ccc1c1nc3c(nc21)sc1ccccc13. The van der Waals surface area contributed by atoms with Gasteiger partial charge in [-0.3, -0.25) is 0 Å². The number of halogens is 2. The molecule has 0 aliphatic carbocycles. The fourth-order valence-corrected chi connectivity index (χ4v) is 5.53. The molecule has 27 heavy (non-hydrogen) atoms. The van der Waals surface area contributed by atoms with E-state index < -0.39 is 0 Å². The molecule has 0 bridgehead atoms. The van der Waals surface area contributed by atoms with E-state index >= 15 is 0 Å². The summed E-state index contributed by atoms with van der Waals surface area (Å²) in [5.41, 5.74) is 2.92. The molecule has 0 aliphatic rings.